The number of hydrogen-bond acceptors (Lipinski definition) is 6. The van der Waals surface area contributed by atoms with Gasteiger partial charge in [-0.25, -0.2) is 0 Å². The number of nitro benzene ring substituents is 1. The van der Waals surface area contributed by atoms with E-state index in [0.717, 1.165) is 29.8 Å². The summed E-state index contributed by atoms with van der Waals surface area (Å²) in [4.78, 5) is 10.3. The van der Waals surface area contributed by atoms with Gasteiger partial charge in [-0.3, -0.25) is 10.1 Å². The minimum absolute atomic E-state index is 0.0400. The Kier molecular flexibility index (Phi) is 8.30. The monoisotopic (exact) mass is 456 g/mol. The van der Waals surface area contributed by atoms with Crippen LogP contribution in [0.2, 0.25) is 5.02 Å². The van der Waals surface area contributed by atoms with Crippen LogP contribution in [0, 0.1) is 10.1 Å². The summed E-state index contributed by atoms with van der Waals surface area (Å²) < 4.78 is 16.5. The lowest BCUT2D eigenvalue weighted by Crippen LogP contribution is -2.17. The van der Waals surface area contributed by atoms with Crippen LogP contribution in [0.5, 0.6) is 17.2 Å². The van der Waals surface area contributed by atoms with Crippen molar-refractivity contribution in [3.63, 3.8) is 0 Å². The number of hydrogen-bond donors (Lipinski definition) is 1. The predicted octanol–water partition coefficient (Wildman–Crippen LogP) is 5.18. The van der Waals surface area contributed by atoms with Crippen molar-refractivity contribution in [3.8, 4) is 17.2 Å². The van der Waals surface area contributed by atoms with Crippen molar-refractivity contribution in [2.45, 2.75) is 19.6 Å². The third-order valence-corrected chi connectivity index (χ3v) is 5.29. The molecule has 3 aromatic carbocycles. The first kappa shape index (κ1) is 23.4. The van der Waals surface area contributed by atoms with E-state index in [2.05, 4.69) is 5.32 Å². The number of non-ortho nitro benzene ring substituents is 1. The van der Waals surface area contributed by atoms with Crippen LogP contribution in [0.15, 0.2) is 60.7 Å². The van der Waals surface area contributed by atoms with Crippen LogP contribution in [0.3, 0.4) is 0 Å². The Balaban J connectivity index is 1.55. The lowest BCUT2D eigenvalue weighted by molar-refractivity contribution is -0.384. The number of nitrogens with one attached hydrogen (secondary N) is 1. The Morgan fingerprint density at radius 3 is 2.25 bits per heavy atom. The molecule has 0 unspecified atom stereocenters. The SMILES string of the molecule is COc1ccc(CCNCc2cc(OC)c(OCc3ccc([N+](=O)[O-])cc3)cc2Cl)cc1. The van der Waals surface area contributed by atoms with Crippen LogP contribution < -0.4 is 19.5 Å². The van der Waals surface area contributed by atoms with Gasteiger partial charge in [0.05, 0.1) is 19.1 Å². The number of nitro groups is 1. The van der Waals surface area contributed by atoms with Gasteiger partial charge >= 0.3 is 0 Å². The highest BCUT2D eigenvalue weighted by Gasteiger charge is 2.12. The number of nitrogens with zero attached hydrogens (tertiary/aromatic N) is 1. The maximum atomic E-state index is 10.8. The van der Waals surface area contributed by atoms with Gasteiger partial charge in [0.25, 0.3) is 5.69 Å². The van der Waals surface area contributed by atoms with Crippen LogP contribution in [0.1, 0.15) is 16.7 Å². The summed E-state index contributed by atoms with van der Waals surface area (Å²) in [6.45, 7) is 1.63. The summed E-state index contributed by atoms with van der Waals surface area (Å²) in [7, 11) is 3.23. The molecule has 0 aliphatic rings. The van der Waals surface area contributed by atoms with Crippen LogP contribution in [0.4, 0.5) is 5.69 Å². The number of rotatable bonds is 11. The molecule has 0 spiro atoms. The average molecular weight is 457 g/mol. The largest absolute Gasteiger partial charge is 0.497 e. The highest BCUT2D eigenvalue weighted by molar-refractivity contribution is 6.31. The Labute approximate surface area is 192 Å². The number of halogens is 1. The zero-order valence-corrected chi connectivity index (χ0v) is 18.7. The van der Waals surface area contributed by atoms with Gasteiger partial charge < -0.3 is 19.5 Å². The van der Waals surface area contributed by atoms with Gasteiger partial charge in [-0.05, 0) is 60.0 Å². The van der Waals surface area contributed by atoms with Crippen molar-refractivity contribution in [2.24, 2.45) is 0 Å². The summed E-state index contributed by atoms with van der Waals surface area (Å²) in [5.74, 6) is 1.93. The third kappa shape index (κ3) is 6.35. The fourth-order valence-electron chi connectivity index (χ4n) is 3.11. The molecule has 0 atom stereocenters. The standard InChI is InChI=1S/C24H25ClN2O5/c1-30-21-9-5-17(6-10-21)11-12-26-15-19-13-23(31-2)24(14-22(19)25)32-16-18-3-7-20(8-4-18)27(28)29/h3-10,13-14,26H,11-12,15-16H2,1-2H3. The second-order valence-electron chi connectivity index (χ2n) is 7.08. The maximum absolute atomic E-state index is 10.8. The lowest BCUT2D eigenvalue weighted by Gasteiger charge is -2.14. The van der Waals surface area contributed by atoms with Gasteiger partial charge in [-0.1, -0.05) is 23.7 Å². The van der Waals surface area contributed by atoms with Gasteiger partial charge in [0.2, 0.25) is 0 Å². The zero-order chi connectivity index (χ0) is 22.9. The normalized spacial score (nSPS) is 10.6. The zero-order valence-electron chi connectivity index (χ0n) is 18.0. The molecule has 8 heteroatoms. The van der Waals surface area contributed by atoms with E-state index in [1.165, 1.54) is 17.7 Å². The summed E-state index contributed by atoms with van der Waals surface area (Å²) in [5, 5.41) is 14.7. The molecule has 0 aliphatic heterocycles. The molecule has 3 rings (SSSR count). The molecular formula is C24H25ClN2O5. The molecule has 0 aliphatic carbocycles. The van der Waals surface area contributed by atoms with Crippen molar-refractivity contribution in [3.05, 3.63) is 92.5 Å². The quantitative estimate of drug-likeness (QED) is 0.243. The first-order valence-corrected chi connectivity index (χ1v) is 10.4. The van der Waals surface area contributed by atoms with Crippen molar-refractivity contribution in [1.82, 2.24) is 5.32 Å². The van der Waals surface area contributed by atoms with E-state index < -0.39 is 4.92 Å². The fraction of sp³-hybridized carbons (Fsp3) is 0.250. The predicted molar refractivity (Wildman–Crippen MR) is 124 cm³/mol. The van der Waals surface area contributed by atoms with Crippen molar-refractivity contribution in [2.75, 3.05) is 20.8 Å². The molecule has 0 heterocycles. The molecule has 1 N–H and O–H groups in total. The minimum atomic E-state index is -0.433. The minimum Gasteiger partial charge on any atom is -0.497 e. The van der Waals surface area contributed by atoms with Crippen LogP contribution in [0.25, 0.3) is 0 Å². The van der Waals surface area contributed by atoms with E-state index in [-0.39, 0.29) is 12.3 Å². The number of methoxy groups -OCH3 is 2. The molecule has 3 aromatic rings. The summed E-state index contributed by atoms with van der Waals surface area (Å²) in [6.07, 6.45) is 0.884. The summed E-state index contributed by atoms with van der Waals surface area (Å²) >= 11 is 6.46. The van der Waals surface area contributed by atoms with Crippen molar-refractivity contribution < 1.29 is 19.1 Å². The van der Waals surface area contributed by atoms with E-state index in [9.17, 15) is 10.1 Å². The van der Waals surface area contributed by atoms with Gasteiger partial charge in [-0.2, -0.15) is 0 Å². The van der Waals surface area contributed by atoms with Crippen molar-refractivity contribution in [1.29, 1.82) is 0 Å². The molecular weight excluding hydrogens is 432 g/mol. The van der Waals surface area contributed by atoms with Gasteiger partial charge in [0, 0.05) is 29.8 Å². The second kappa shape index (κ2) is 11.4. The maximum Gasteiger partial charge on any atom is 0.269 e. The first-order chi connectivity index (χ1) is 15.5. The fourth-order valence-corrected chi connectivity index (χ4v) is 3.33. The number of ether oxygens (including phenoxy) is 3. The van der Waals surface area contributed by atoms with E-state index in [1.54, 1.807) is 32.4 Å². The van der Waals surface area contributed by atoms with Gasteiger partial charge in [0.1, 0.15) is 12.4 Å². The lowest BCUT2D eigenvalue weighted by atomic mass is 10.1. The molecule has 0 radical (unpaired) electrons. The molecule has 0 amide bonds. The molecule has 168 valence electrons. The third-order valence-electron chi connectivity index (χ3n) is 4.94. The molecule has 0 bridgehead atoms. The number of benzene rings is 3. The van der Waals surface area contributed by atoms with Crippen LogP contribution in [-0.2, 0) is 19.6 Å². The Morgan fingerprint density at radius 1 is 0.938 bits per heavy atom. The van der Waals surface area contributed by atoms with E-state index in [1.807, 2.05) is 30.3 Å². The molecule has 7 nitrogen and oxygen atoms in total. The Morgan fingerprint density at radius 2 is 1.62 bits per heavy atom. The Bertz CT molecular complexity index is 1040. The van der Waals surface area contributed by atoms with E-state index in [4.69, 9.17) is 25.8 Å². The van der Waals surface area contributed by atoms with E-state index in [0.29, 0.717) is 23.1 Å². The highest BCUT2D eigenvalue weighted by Crippen LogP contribution is 2.34. The van der Waals surface area contributed by atoms with Crippen LogP contribution >= 0.6 is 11.6 Å². The van der Waals surface area contributed by atoms with Gasteiger partial charge in [-0.15, -0.1) is 0 Å². The smallest absolute Gasteiger partial charge is 0.269 e. The molecule has 32 heavy (non-hydrogen) atoms. The topological polar surface area (TPSA) is 82.9 Å². The van der Waals surface area contributed by atoms with Gasteiger partial charge in [0.15, 0.2) is 11.5 Å². The summed E-state index contributed by atoms with van der Waals surface area (Å²) in [5.41, 5.74) is 2.97. The van der Waals surface area contributed by atoms with Crippen LogP contribution in [-0.4, -0.2) is 25.7 Å². The average Bonchev–Trinajstić information content (AvgIpc) is 2.82. The summed E-state index contributed by atoms with van der Waals surface area (Å²) in [6, 6.07) is 17.8. The molecule has 0 saturated carbocycles. The molecule has 0 fully saturated rings. The molecule has 0 aromatic heterocycles. The van der Waals surface area contributed by atoms with E-state index >= 15 is 0 Å². The van der Waals surface area contributed by atoms with Crippen molar-refractivity contribution >= 4 is 17.3 Å². The highest BCUT2D eigenvalue weighted by atomic mass is 35.5. The first-order valence-electron chi connectivity index (χ1n) is 10.1. The second-order valence-corrected chi connectivity index (χ2v) is 7.49. The Hall–Kier alpha value is -3.29. The molecule has 0 saturated heterocycles.